The van der Waals surface area contributed by atoms with E-state index < -0.39 is 45.6 Å². The molecule has 0 atom stereocenters. The first-order valence-electron chi connectivity index (χ1n) is 8.13. The van der Waals surface area contributed by atoms with Gasteiger partial charge in [-0.3, -0.25) is 14.9 Å². The summed E-state index contributed by atoms with van der Waals surface area (Å²) in [5.74, 6) is -10.9. The van der Waals surface area contributed by atoms with E-state index in [1.54, 1.807) is 0 Å². The molecule has 0 N–H and O–H groups in total. The molecule has 0 bridgehead atoms. The van der Waals surface area contributed by atoms with Crippen molar-refractivity contribution in [1.29, 1.82) is 0 Å². The molecule has 0 saturated carbocycles. The van der Waals surface area contributed by atoms with Crippen LogP contribution in [0.5, 0.6) is 0 Å². The number of rotatable bonds is 3. The molecule has 0 aliphatic carbocycles. The van der Waals surface area contributed by atoms with Crippen LogP contribution in [0.2, 0.25) is 5.02 Å². The van der Waals surface area contributed by atoms with Crippen LogP contribution in [0, 0.1) is 39.2 Å². The van der Waals surface area contributed by atoms with Crippen molar-refractivity contribution in [2.75, 3.05) is 31.1 Å². The Kier molecular flexibility index (Phi) is 5.60. The summed E-state index contributed by atoms with van der Waals surface area (Å²) >= 11 is 5.93. The molecule has 1 aliphatic rings. The Hall–Kier alpha value is -2.95. The second kappa shape index (κ2) is 7.82. The molecule has 154 valence electrons. The van der Waals surface area contributed by atoms with Gasteiger partial charge in [0.1, 0.15) is 5.69 Å². The fraction of sp³-hybridized carbons (Fsp3) is 0.235. The minimum atomic E-state index is -2.25. The third-order valence-electron chi connectivity index (χ3n) is 4.46. The van der Waals surface area contributed by atoms with Crippen LogP contribution in [0.1, 0.15) is 10.4 Å². The first kappa shape index (κ1) is 20.8. The van der Waals surface area contributed by atoms with Crippen molar-refractivity contribution < 1.29 is 31.7 Å². The number of nitrogens with zero attached hydrogens (tertiary/aromatic N) is 3. The molecule has 0 radical (unpaired) electrons. The van der Waals surface area contributed by atoms with Crippen molar-refractivity contribution in [2.45, 2.75) is 0 Å². The smallest absolute Gasteiger partial charge is 0.270 e. The van der Waals surface area contributed by atoms with Crippen molar-refractivity contribution in [3.05, 3.63) is 68.0 Å². The molecule has 0 aromatic heterocycles. The maximum atomic E-state index is 14.0. The van der Waals surface area contributed by atoms with E-state index >= 15 is 0 Å². The van der Waals surface area contributed by atoms with Crippen molar-refractivity contribution >= 4 is 28.9 Å². The van der Waals surface area contributed by atoms with E-state index in [0.29, 0.717) is 0 Å². The number of non-ortho nitro benzene ring substituents is 1. The van der Waals surface area contributed by atoms with E-state index in [-0.39, 0.29) is 42.5 Å². The molecule has 6 nitrogen and oxygen atoms in total. The molecule has 1 aliphatic heterocycles. The highest BCUT2D eigenvalue weighted by Gasteiger charge is 2.32. The second-order valence-corrected chi connectivity index (χ2v) is 6.53. The van der Waals surface area contributed by atoms with E-state index in [1.807, 2.05) is 0 Å². The third-order valence-corrected chi connectivity index (χ3v) is 4.79. The average molecular weight is 436 g/mol. The highest BCUT2D eigenvalue weighted by Crippen LogP contribution is 2.31. The Labute approximate surface area is 165 Å². The lowest BCUT2D eigenvalue weighted by Crippen LogP contribution is -2.49. The molecule has 2 aromatic carbocycles. The van der Waals surface area contributed by atoms with Gasteiger partial charge in [-0.15, -0.1) is 0 Å². The Morgan fingerprint density at radius 1 is 0.931 bits per heavy atom. The van der Waals surface area contributed by atoms with Crippen molar-refractivity contribution in [3.8, 4) is 0 Å². The fourth-order valence-electron chi connectivity index (χ4n) is 2.97. The van der Waals surface area contributed by atoms with E-state index in [0.717, 1.165) is 17.0 Å². The molecule has 1 saturated heterocycles. The van der Waals surface area contributed by atoms with Crippen LogP contribution in [0.3, 0.4) is 0 Å². The van der Waals surface area contributed by atoms with Gasteiger partial charge >= 0.3 is 0 Å². The maximum Gasteiger partial charge on any atom is 0.270 e. The number of piperazine rings is 1. The zero-order valence-electron chi connectivity index (χ0n) is 14.4. The summed E-state index contributed by atoms with van der Waals surface area (Å²) in [5.41, 5.74) is -1.55. The van der Waals surface area contributed by atoms with Gasteiger partial charge in [-0.25, -0.2) is 22.0 Å². The summed E-state index contributed by atoms with van der Waals surface area (Å²) in [6.45, 7) is -0.706. The molecule has 2 aromatic rings. The Balaban J connectivity index is 1.81. The number of hydrogen-bond acceptors (Lipinski definition) is 4. The molecule has 12 heteroatoms. The fourth-order valence-corrected chi connectivity index (χ4v) is 3.16. The van der Waals surface area contributed by atoms with Crippen LogP contribution in [-0.2, 0) is 0 Å². The lowest BCUT2D eigenvalue weighted by molar-refractivity contribution is -0.384. The van der Waals surface area contributed by atoms with Gasteiger partial charge in [0.25, 0.3) is 11.6 Å². The Morgan fingerprint density at radius 2 is 1.45 bits per heavy atom. The number of halogens is 6. The number of anilines is 1. The third kappa shape index (κ3) is 3.69. The minimum absolute atomic E-state index is 0.0252. The van der Waals surface area contributed by atoms with Crippen LogP contribution < -0.4 is 4.90 Å². The zero-order chi connectivity index (χ0) is 21.5. The Bertz CT molecular complexity index is 983. The topological polar surface area (TPSA) is 66.7 Å². The highest BCUT2D eigenvalue weighted by molar-refractivity contribution is 6.33. The van der Waals surface area contributed by atoms with Crippen molar-refractivity contribution in [2.24, 2.45) is 0 Å². The SMILES string of the molecule is O=C(c1cc([N+](=O)[O-])ccc1Cl)N1CCN(c2c(F)c(F)c(F)c(F)c2F)CC1. The highest BCUT2D eigenvalue weighted by atomic mass is 35.5. The van der Waals surface area contributed by atoms with E-state index in [1.165, 1.54) is 11.0 Å². The number of benzene rings is 2. The van der Waals surface area contributed by atoms with Gasteiger partial charge in [0.15, 0.2) is 23.3 Å². The van der Waals surface area contributed by atoms with Gasteiger partial charge in [0.2, 0.25) is 5.82 Å². The largest absolute Gasteiger partial charge is 0.363 e. The van der Waals surface area contributed by atoms with Crippen LogP contribution in [0.25, 0.3) is 0 Å². The van der Waals surface area contributed by atoms with Gasteiger partial charge in [-0.2, -0.15) is 0 Å². The summed E-state index contributed by atoms with van der Waals surface area (Å²) in [6.07, 6.45) is 0. The lowest BCUT2D eigenvalue weighted by Gasteiger charge is -2.36. The number of carbonyl (C=O) groups is 1. The number of amides is 1. The molecule has 29 heavy (non-hydrogen) atoms. The van der Waals surface area contributed by atoms with Gasteiger partial charge in [0, 0.05) is 38.3 Å². The van der Waals surface area contributed by atoms with Crippen LogP contribution in [0.15, 0.2) is 18.2 Å². The lowest BCUT2D eigenvalue weighted by atomic mass is 10.1. The Morgan fingerprint density at radius 3 is 1.97 bits per heavy atom. The van der Waals surface area contributed by atoms with Gasteiger partial charge in [-0.1, -0.05) is 11.6 Å². The summed E-state index contributed by atoms with van der Waals surface area (Å²) < 4.78 is 67.9. The average Bonchev–Trinajstić information content (AvgIpc) is 2.71. The van der Waals surface area contributed by atoms with Crippen LogP contribution >= 0.6 is 11.6 Å². The van der Waals surface area contributed by atoms with Crippen molar-refractivity contribution in [1.82, 2.24) is 4.90 Å². The predicted molar refractivity (Wildman–Crippen MR) is 92.5 cm³/mol. The van der Waals surface area contributed by atoms with E-state index in [4.69, 9.17) is 11.6 Å². The normalized spacial score (nSPS) is 14.3. The molecule has 3 rings (SSSR count). The molecule has 1 heterocycles. The van der Waals surface area contributed by atoms with Gasteiger partial charge < -0.3 is 9.80 Å². The van der Waals surface area contributed by atoms with Crippen molar-refractivity contribution in [3.63, 3.8) is 0 Å². The second-order valence-electron chi connectivity index (χ2n) is 6.12. The maximum absolute atomic E-state index is 14.0. The summed E-state index contributed by atoms with van der Waals surface area (Å²) in [7, 11) is 0. The summed E-state index contributed by atoms with van der Waals surface area (Å²) in [5, 5.41) is 10.9. The van der Waals surface area contributed by atoms with E-state index in [9.17, 15) is 36.9 Å². The van der Waals surface area contributed by atoms with Crippen LogP contribution in [0.4, 0.5) is 33.3 Å². The molecule has 0 unspecified atom stereocenters. The standard InChI is InChI=1S/C17H11ClF5N3O3/c18-10-2-1-8(26(28)29)7-9(10)17(27)25-5-3-24(4-6-25)16-14(22)12(20)11(19)13(21)15(16)23/h1-2,7H,3-6H2. The van der Waals surface area contributed by atoms with Gasteiger partial charge in [0.05, 0.1) is 15.5 Å². The number of carbonyl (C=O) groups excluding carboxylic acids is 1. The summed E-state index contributed by atoms with van der Waals surface area (Å²) in [4.78, 5) is 24.9. The first-order chi connectivity index (χ1) is 13.6. The monoisotopic (exact) mass is 435 g/mol. The molecular formula is C17H11ClF5N3O3. The van der Waals surface area contributed by atoms with E-state index in [2.05, 4.69) is 0 Å². The van der Waals surface area contributed by atoms with Crippen LogP contribution in [-0.4, -0.2) is 41.9 Å². The predicted octanol–water partition coefficient (Wildman–Crippen LogP) is 3.91. The number of nitro groups is 1. The first-order valence-corrected chi connectivity index (χ1v) is 8.50. The summed E-state index contributed by atoms with van der Waals surface area (Å²) in [6, 6.07) is 3.32. The van der Waals surface area contributed by atoms with Gasteiger partial charge in [-0.05, 0) is 6.07 Å². The molecule has 0 spiro atoms. The quantitative estimate of drug-likeness (QED) is 0.241. The number of hydrogen-bond donors (Lipinski definition) is 0. The molecule has 1 fully saturated rings. The number of nitro benzene ring substituents is 1. The minimum Gasteiger partial charge on any atom is -0.363 e. The zero-order valence-corrected chi connectivity index (χ0v) is 15.2. The molecule has 1 amide bonds. The molecular weight excluding hydrogens is 425 g/mol.